The molecule has 114 valence electrons. The summed E-state index contributed by atoms with van der Waals surface area (Å²) < 4.78 is 5.18. The molecule has 0 saturated carbocycles. The summed E-state index contributed by atoms with van der Waals surface area (Å²) in [6.07, 6.45) is 2.10. The average molecular weight is 289 g/mol. The number of nitrogens with zero attached hydrogens (tertiary/aromatic N) is 2. The van der Waals surface area contributed by atoms with Crippen molar-refractivity contribution in [1.82, 2.24) is 10.2 Å². The van der Waals surface area contributed by atoms with Gasteiger partial charge in [-0.1, -0.05) is 0 Å². The van der Waals surface area contributed by atoms with Crippen LogP contribution in [0.25, 0.3) is 0 Å². The first kappa shape index (κ1) is 14.2. The lowest BCUT2D eigenvalue weighted by atomic mass is 10.1. The van der Waals surface area contributed by atoms with Gasteiger partial charge in [0, 0.05) is 31.9 Å². The zero-order valence-electron chi connectivity index (χ0n) is 12.5. The van der Waals surface area contributed by atoms with E-state index in [1.54, 1.807) is 7.11 Å². The highest BCUT2D eigenvalue weighted by Crippen LogP contribution is 2.21. The van der Waals surface area contributed by atoms with Crippen LogP contribution in [0, 0.1) is 0 Å². The summed E-state index contributed by atoms with van der Waals surface area (Å²) in [4.78, 5) is 16.7. The molecule has 0 spiro atoms. The smallest absolute Gasteiger partial charge is 0.239 e. The van der Waals surface area contributed by atoms with Crippen molar-refractivity contribution in [3.8, 4) is 5.75 Å². The van der Waals surface area contributed by atoms with Crippen molar-refractivity contribution in [1.29, 1.82) is 0 Å². The van der Waals surface area contributed by atoms with Crippen molar-refractivity contribution in [2.45, 2.75) is 18.9 Å². The van der Waals surface area contributed by atoms with E-state index in [1.165, 1.54) is 5.69 Å². The second-order valence-corrected chi connectivity index (χ2v) is 5.66. The van der Waals surface area contributed by atoms with E-state index >= 15 is 0 Å². The summed E-state index contributed by atoms with van der Waals surface area (Å²) in [5, 5.41) is 3.29. The molecule has 5 heteroatoms. The monoisotopic (exact) mass is 289 g/mol. The highest BCUT2D eigenvalue weighted by atomic mass is 16.5. The second kappa shape index (κ2) is 6.35. The van der Waals surface area contributed by atoms with E-state index in [2.05, 4.69) is 22.3 Å². The predicted octanol–water partition coefficient (Wildman–Crippen LogP) is 1.10. The van der Waals surface area contributed by atoms with Crippen LogP contribution < -0.4 is 15.0 Å². The Morgan fingerprint density at radius 1 is 1.19 bits per heavy atom. The summed E-state index contributed by atoms with van der Waals surface area (Å²) in [6, 6.07) is 8.17. The van der Waals surface area contributed by atoms with Gasteiger partial charge < -0.3 is 19.9 Å². The number of hydrogen-bond donors (Lipinski definition) is 1. The first-order valence-electron chi connectivity index (χ1n) is 7.69. The van der Waals surface area contributed by atoms with Crippen LogP contribution in [0.3, 0.4) is 0 Å². The number of nitrogens with one attached hydrogen (secondary N) is 1. The van der Waals surface area contributed by atoms with Crippen molar-refractivity contribution in [3.05, 3.63) is 24.3 Å². The topological polar surface area (TPSA) is 44.8 Å². The molecule has 0 unspecified atom stereocenters. The molecular formula is C16H23N3O2. The van der Waals surface area contributed by atoms with Crippen LogP contribution in [0.4, 0.5) is 5.69 Å². The molecule has 1 amide bonds. The quantitative estimate of drug-likeness (QED) is 0.905. The molecule has 5 nitrogen and oxygen atoms in total. The Morgan fingerprint density at radius 3 is 2.48 bits per heavy atom. The fraction of sp³-hybridized carbons (Fsp3) is 0.562. The third kappa shape index (κ3) is 3.13. The average Bonchev–Trinajstić information content (AvgIpc) is 3.09. The van der Waals surface area contributed by atoms with E-state index in [-0.39, 0.29) is 11.9 Å². The van der Waals surface area contributed by atoms with E-state index in [0.29, 0.717) is 0 Å². The SMILES string of the molecule is COc1ccc(N2CCN(C(=O)[C@@H]3CCCN3)CC2)cc1. The molecule has 0 bridgehead atoms. The van der Waals surface area contributed by atoms with Crippen LogP contribution in [0.1, 0.15) is 12.8 Å². The lowest BCUT2D eigenvalue weighted by molar-refractivity contribution is -0.133. The van der Waals surface area contributed by atoms with Crippen LogP contribution in [-0.4, -0.2) is 56.7 Å². The Balaban J connectivity index is 1.55. The van der Waals surface area contributed by atoms with Crippen LogP contribution in [-0.2, 0) is 4.79 Å². The van der Waals surface area contributed by atoms with E-state index < -0.39 is 0 Å². The Labute approximate surface area is 125 Å². The zero-order valence-corrected chi connectivity index (χ0v) is 12.5. The molecule has 2 heterocycles. The molecule has 1 N–H and O–H groups in total. The zero-order chi connectivity index (χ0) is 14.7. The van der Waals surface area contributed by atoms with E-state index in [9.17, 15) is 4.79 Å². The lowest BCUT2D eigenvalue weighted by Gasteiger charge is -2.37. The second-order valence-electron chi connectivity index (χ2n) is 5.66. The van der Waals surface area contributed by atoms with Gasteiger partial charge in [0.15, 0.2) is 0 Å². The maximum atomic E-state index is 12.4. The fourth-order valence-electron chi connectivity index (χ4n) is 3.09. The number of ether oxygens (including phenoxy) is 1. The number of carbonyl (C=O) groups is 1. The minimum atomic E-state index is 0.0533. The fourth-order valence-corrected chi connectivity index (χ4v) is 3.09. The number of amides is 1. The molecule has 0 aliphatic carbocycles. The van der Waals surface area contributed by atoms with Crippen LogP contribution in [0.2, 0.25) is 0 Å². The first-order valence-corrected chi connectivity index (χ1v) is 7.69. The summed E-state index contributed by atoms with van der Waals surface area (Å²) >= 11 is 0. The molecular weight excluding hydrogens is 266 g/mol. The van der Waals surface area contributed by atoms with Gasteiger partial charge in [-0.05, 0) is 43.7 Å². The molecule has 2 aliphatic rings. The van der Waals surface area contributed by atoms with Crippen molar-refractivity contribution in [2.24, 2.45) is 0 Å². The highest BCUT2D eigenvalue weighted by molar-refractivity contribution is 5.82. The van der Waals surface area contributed by atoms with Crippen molar-refractivity contribution in [2.75, 3.05) is 44.7 Å². The van der Waals surface area contributed by atoms with Gasteiger partial charge in [-0.15, -0.1) is 0 Å². The van der Waals surface area contributed by atoms with Gasteiger partial charge in [-0.3, -0.25) is 4.79 Å². The van der Waals surface area contributed by atoms with Gasteiger partial charge in [0.25, 0.3) is 0 Å². The van der Waals surface area contributed by atoms with Crippen molar-refractivity contribution < 1.29 is 9.53 Å². The van der Waals surface area contributed by atoms with Gasteiger partial charge in [0.2, 0.25) is 5.91 Å². The van der Waals surface area contributed by atoms with E-state index in [1.807, 2.05) is 17.0 Å². The number of benzene rings is 1. The van der Waals surface area contributed by atoms with Crippen molar-refractivity contribution >= 4 is 11.6 Å². The van der Waals surface area contributed by atoms with Gasteiger partial charge in [-0.25, -0.2) is 0 Å². The summed E-state index contributed by atoms with van der Waals surface area (Å²) in [5.41, 5.74) is 1.20. The van der Waals surface area contributed by atoms with Crippen LogP contribution >= 0.6 is 0 Å². The maximum absolute atomic E-state index is 12.4. The minimum absolute atomic E-state index is 0.0533. The molecule has 1 atom stereocenters. The third-order valence-electron chi connectivity index (χ3n) is 4.39. The molecule has 2 aliphatic heterocycles. The molecule has 2 fully saturated rings. The molecule has 1 aromatic rings. The Hall–Kier alpha value is -1.75. The maximum Gasteiger partial charge on any atom is 0.239 e. The number of anilines is 1. The third-order valence-corrected chi connectivity index (χ3v) is 4.39. The van der Waals surface area contributed by atoms with Gasteiger partial charge in [0.05, 0.1) is 13.2 Å². The summed E-state index contributed by atoms with van der Waals surface area (Å²) in [5.74, 6) is 1.15. The molecule has 0 radical (unpaired) electrons. The number of piperazine rings is 1. The normalized spacial score (nSPS) is 22.4. The Morgan fingerprint density at radius 2 is 1.90 bits per heavy atom. The Bertz CT molecular complexity index is 475. The summed E-state index contributed by atoms with van der Waals surface area (Å²) in [7, 11) is 1.68. The van der Waals surface area contributed by atoms with Crippen LogP contribution in [0.15, 0.2) is 24.3 Å². The van der Waals surface area contributed by atoms with Gasteiger partial charge in [-0.2, -0.15) is 0 Å². The van der Waals surface area contributed by atoms with Crippen molar-refractivity contribution in [3.63, 3.8) is 0 Å². The largest absolute Gasteiger partial charge is 0.497 e. The molecule has 3 rings (SSSR count). The standard InChI is InChI=1S/C16H23N3O2/c1-21-14-6-4-13(5-7-14)18-9-11-19(12-10-18)16(20)15-3-2-8-17-15/h4-7,15,17H,2-3,8-12H2,1H3/t15-/m0/s1. The molecule has 21 heavy (non-hydrogen) atoms. The highest BCUT2D eigenvalue weighted by Gasteiger charge is 2.29. The number of carbonyl (C=O) groups excluding carboxylic acids is 1. The molecule has 1 aromatic carbocycles. The Kier molecular flexibility index (Phi) is 4.29. The molecule has 2 saturated heterocycles. The van der Waals surface area contributed by atoms with E-state index in [4.69, 9.17) is 4.74 Å². The number of rotatable bonds is 3. The predicted molar refractivity (Wildman–Crippen MR) is 82.8 cm³/mol. The van der Waals surface area contributed by atoms with Crippen LogP contribution in [0.5, 0.6) is 5.75 Å². The lowest BCUT2D eigenvalue weighted by Crippen LogP contribution is -2.53. The van der Waals surface area contributed by atoms with Gasteiger partial charge in [0.1, 0.15) is 5.75 Å². The number of hydrogen-bond acceptors (Lipinski definition) is 4. The summed E-state index contributed by atoms with van der Waals surface area (Å²) in [6.45, 7) is 4.38. The van der Waals surface area contributed by atoms with E-state index in [0.717, 1.165) is 51.3 Å². The number of methoxy groups -OCH3 is 1. The van der Waals surface area contributed by atoms with Gasteiger partial charge >= 0.3 is 0 Å². The molecule has 0 aromatic heterocycles. The minimum Gasteiger partial charge on any atom is -0.497 e. The first-order chi connectivity index (χ1) is 10.3.